The van der Waals surface area contributed by atoms with Crippen LogP contribution in [-0.4, -0.2) is 42.6 Å². The van der Waals surface area contributed by atoms with Gasteiger partial charge in [-0.25, -0.2) is 0 Å². The van der Waals surface area contributed by atoms with Crippen molar-refractivity contribution in [2.45, 2.75) is 25.5 Å². The van der Waals surface area contributed by atoms with E-state index in [-0.39, 0.29) is 11.9 Å². The van der Waals surface area contributed by atoms with Crippen molar-refractivity contribution in [3.63, 3.8) is 0 Å². The second kappa shape index (κ2) is 7.48. The number of halogens is 1. The molecule has 0 aliphatic heterocycles. The zero-order valence-corrected chi connectivity index (χ0v) is 12.3. The third-order valence-electron chi connectivity index (χ3n) is 2.89. The second-order valence-corrected chi connectivity index (χ2v) is 5.31. The van der Waals surface area contributed by atoms with Crippen LogP contribution in [0.15, 0.2) is 24.3 Å². The van der Waals surface area contributed by atoms with E-state index in [1.807, 2.05) is 6.92 Å². The van der Waals surface area contributed by atoms with Crippen LogP contribution in [0.5, 0.6) is 0 Å². The lowest BCUT2D eigenvalue weighted by Gasteiger charge is -2.19. The number of aliphatic hydroxyl groups is 1. The Morgan fingerprint density at radius 2 is 1.95 bits per heavy atom. The molecule has 0 bridgehead atoms. The molecule has 2 unspecified atom stereocenters. The second-order valence-electron chi connectivity index (χ2n) is 4.87. The van der Waals surface area contributed by atoms with Crippen molar-refractivity contribution in [2.75, 3.05) is 20.6 Å². The van der Waals surface area contributed by atoms with E-state index in [2.05, 4.69) is 5.32 Å². The molecule has 106 valence electrons. The zero-order valence-electron chi connectivity index (χ0n) is 11.6. The molecule has 5 heteroatoms. The van der Waals surface area contributed by atoms with Gasteiger partial charge in [-0.1, -0.05) is 23.7 Å². The van der Waals surface area contributed by atoms with Crippen LogP contribution in [0.4, 0.5) is 0 Å². The largest absolute Gasteiger partial charge is 0.387 e. The minimum absolute atomic E-state index is 0.0249. The minimum atomic E-state index is -0.603. The van der Waals surface area contributed by atoms with Gasteiger partial charge in [-0.2, -0.15) is 0 Å². The number of nitrogens with one attached hydrogen (secondary N) is 1. The van der Waals surface area contributed by atoms with Crippen LogP contribution in [0.25, 0.3) is 0 Å². The summed E-state index contributed by atoms with van der Waals surface area (Å²) in [5.74, 6) is 0.0704. The molecule has 1 aromatic rings. The maximum Gasteiger partial charge on any atom is 0.223 e. The molecular weight excluding hydrogens is 264 g/mol. The van der Waals surface area contributed by atoms with E-state index in [0.717, 1.165) is 5.56 Å². The van der Waals surface area contributed by atoms with Crippen molar-refractivity contribution in [1.29, 1.82) is 0 Å². The van der Waals surface area contributed by atoms with E-state index in [9.17, 15) is 9.90 Å². The lowest BCUT2D eigenvalue weighted by molar-refractivity contribution is -0.129. The van der Waals surface area contributed by atoms with E-state index < -0.39 is 6.10 Å². The van der Waals surface area contributed by atoms with E-state index >= 15 is 0 Å². The Kier molecular flexibility index (Phi) is 6.28. The fourth-order valence-corrected chi connectivity index (χ4v) is 1.76. The van der Waals surface area contributed by atoms with Crippen LogP contribution in [0.3, 0.4) is 0 Å². The normalized spacial score (nSPS) is 13.9. The third-order valence-corrected chi connectivity index (χ3v) is 3.15. The Hall–Kier alpha value is -1.10. The highest BCUT2D eigenvalue weighted by atomic mass is 35.5. The number of carbonyl (C=O) groups is 1. The third kappa shape index (κ3) is 5.59. The van der Waals surface area contributed by atoms with E-state index in [4.69, 9.17) is 11.6 Å². The van der Waals surface area contributed by atoms with Gasteiger partial charge in [0, 0.05) is 38.1 Å². The van der Waals surface area contributed by atoms with Gasteiger partial charge >= 0.3 is 0 Å². The molecule has 4 nitrogen and oxygen atoms in total. The molecule has 19 heavy (non-hydrogen) atoms. The predicted octanol–water partition coefficient (Wildman–Crippen LogP) is 1.83. The molecule has 1 aromatic carbocycles. The molecule has 0 aliphatic rings. The summed E-state index contributed by atoms with van der Waals surface area (Å²) in [6, 6.07) is 7.11. The minimum Gasteiger partial charge on any atom is -0.387 e. The molecule has 2 atom stereocenters. The van der Waals surface area contributed by atoms with Gasteiger partial charge in [-0.3, -0.25) is 4.79 Å². The van der Waals surface area contributed by atoms with E-state index in [1.54, 1.807) is 43.3 Å². The average Bonchev–Trinajstić information content (AvgIpc) is 2.36. The molecule has 0 heterocycles. The first-order valence-electron chi connectivity index (χ1n) is 6.27. The zero-order chi connectivity index (χ0) is 14.4. The first kappa shape index (κ1) is 16.0. The standard InChI is InChI=1S/C14H21ClN2O2/c1-10(8-14(19)17(2)3)16-9-13(18)11-4-6-12(15)7-5-11/h4-7,10,13,16,18H,8-9H2,1-3H3. The summed E-state index contributed by atoms with van der Waals surface area (Å²) in [6.07, 6.45) is -0.186. The van der Waals surface area contributed by atoms with Gasteiger partial charge < -0.3 is 15.3 Å². The number of amides is 1. The smallest absolute Gasteiger partial charge is 0.223 e. The number of carbonyl (C=O) groups excluding carboxylic acids is 1. The summed E-state index contributed by atoms with van der Waals surface area (Å²) < 4.78 is 0. The number of hydrogen-bond acceptors (Lipinski definition) is 3. The Morgan fingerprint density at radius 1 is 1.37 bits per heavy atom. The van der Waals surface area contributed by atoms with Crippen molar-refractivity contribution in [1.82, 2.24) is 10.2 Å². The highest BCUT2D eigenvalue weighted by Gasteiger charge is 2.13. The molecule has 0 saturated carbocycles. The summed E-state index contributed by atoms with van der Waals surface area (Å²) in [5, 5.41) is 13.8. The van der Waals surface area contributed by atoms with Crippen molar-refractivity contribution in [3.8, 4) is 0 Å². The van der Waals surface area contributed by atoms with Crippen LogP contribution in [0, 0.1) is 0 Å². The Morgan fingerprint density at radius 3 is 2.47 bits per heavy atom. The topological polar surface area (TPSA) is 52.6 Å². The lowest BCUT2D eigenvalue weighted by atomic mass is 10.1. The molecule has 1 rings (SSSR count). The average molecular weight is 285 g/mol. The Labute approximate surface area is 119 Å². The molecule has 0 radical (unpaired) electrons. The van der Waals surface area contributed by atoms with Crippen LogP contribution >= 0.6 is 11.6 Å². The quantitative estimate of drug-likeness (QED) is 0.838. The van der Waals surface area contributed by atoms with Gasteiger partial charge in [0.15, 0.2) is 0 Å². The highest BCUT2D eigenvalue weighted by Crippen LogP contribution is 2.15. The molecular formula is C14H21ClN2O2. The molecule has 0 saturated heterocycles. The van der Waals surface area contributed by atoms with Crippen molar-refractivity contribution < 1.29 is 9.90 Å². The SMILES string of the molecule is CC(CC(=O)N(C)C)NCC(O)c1ccc(Cl)cc1. The number of hydrogen-bond donors (Lipinski definition) is 2. The number of rotatable bonds is 6. The van der Waals surface area contributed by atoms with Gasteiger partial charge in [0.1, 0.15) is 0 Å². The van der Waals surface area contributed by atoms with Gasteiger partial charge in [0.05, 0.1) is 6.10 Å². The molecule has 0 aliphatic carbocycles. The summed E-state index contributed by atoms with van der Waals surface area (Å²) >= 11 is 5.79. The Balaban J connectivity index is 2.39. The van der Waals surface area contributed by atoms with Crippen molar-refractivity contribution >= 4 is 17.5 Å². The van der Waals surface area contributed by atoms with Crippen LogP contribution < -0.4 is 5.32 Å². The van der Waals surface area contributed by atoms with Crippen LogP contribution in [0.2, 0.25) is 5.02 Å². The van der Waals surface area contributed by atoms with Crippen LogP contribution in [0.1, 0.15) is 25.0 Å². The first-order chi connectivity index (χ1) is 8.90. The van der Waals surface area contributed by atoms with Crippen molar-refractivity contribution in [3.05, 3.63) is 34.9 Å². The maximum atomic E-state index is 11.5. The molecule has 0 spiro atoms. The fourth-order valence-electron chi connectivity index (χ4n) is 1.63. The molecule has 0 fully saturated rings. The molecule has 1 amide bonds. The molecule has 2 N–H and O–H groups in total. The Bertz CT molecular complexity index is 406. The van der Waals surface area contributed by atoms with Gasteiger partial charge in [0.2, 0.25) is 5.91 Å². The maximum absolute atomic E-state index is 11.5. The lowest BCUT2D eigenvalue weighted by Crippen LogP contribution is -2.35. The predicted molar refractivity (Wildman–Crippen MR) is 77.2 cm³/mol. The number of aliphatic hydroxyl groups excluding tert-OH is 1. The summed E-state index contributed by atoms with van der Waals surface area (Å²) in [5.41, 5.74) is 0.808. The van der Waals surface area contributed by atoms with E-state index in [0.29, 0.717) is 18.0 Å². The highest BCUT2D eigenvalue weighted by molar-refractivity contribution is 6.30. The number of benzene rings is 1. The number of nitrogens with zero attached hydrogens (tertiary/aromatic N) is 1. The summed E-state index contributed by atoms with van der Waals surface area (Å²) in [7, 11) is 3.47. The van der Waals surface area contributed by atoms with Gasteiger partial charge in [-0.05, 0) is 24.6 Å². The first-order valence-corrected chi connectivity index (χ1v) is 6.65. The van der Waals surface area contributed by atoms with Gasteiger partial charge in [-0.15, -0.1) is 0 Å². The van der Waals surface area contributed by atoms with E-state index in [1.165, 1.54) is 0 Å². The monoisotopic (exact) mass is 284 g/mol. The van der Waals surface area contributed by atoms with Crippen molar-refractivity contribution in [2.24, 2.45) is 0 Å². The van der Waals surface area contributed by atoms with Gasteiger partial charge in [0.25, 0.3) is 0 Å². The van der Waals surface area contributed by atoms with Crippen LogP contribution in [-0.2, 0) is 4.79 Å². The molecule has 0 aromatic heterocycles. The summed E-state index contributed by atoms with van der Waals surface area (Å²) in [4.78, 5) is 13.1. The summed E-state index contributed by atoms with van der Waals surface area (Å²) in [6.45, 7) is 2.33. The fraction of sp³-hybridized carbons (Fsp3) is 0.500.